The van der Waals surface area contributed by atoms with Crippen LogP contribution < -0.4 is 5.09 Å². The van der Waals surface area contributed by atoms with Crippen LogP contribution in [0.4, 0.5) is 0 Å². The lowest BCUT2D eigenvalue weighted by atomic mass is 10.2. The van der Waals surface area contributed by atoms with Crippen molar-refractivity contribution in [1.82, 2.24) is 10.1 Å². The Hall–Kier alpha value is -0.700. The highest BCUT2D eigenvalue weighted by Crippen LogP contribution is 2.40. The van der Waals surface area contributed by atoms with E-state index in [0.717, 1.165) is 18.4 Å². The largest absolute Gasteiger partial charge is 0.333 e. The molecule has 0 fully saturated rings. The zero-order valence-corrected chi connectivity index (χ0v) is 10.7. The van der Waals surface area contributed by atoms with Crippen LogP contribution in [0.5, 0.6) is 0 Å². The second kappa shape index (κ2) is 6.14. The van der Waals surface area contributed by atoms with Gasteiger partial charge in [-0.05, 0) is 25.0 Å². The summed E-state index contributed by atoms with van der Waals surface area (Å²) in [6, 6.07) is 3.64. The highest BCUT2D eigenvalue weighted by molar-refractivity contribution is 7.55. The van der Waals surface area contributed by atoms with Gasteiger partial charge >= 0.3 is 0 Å². The number of nitrogens with zero attached hydrogens (tertiary/aromatic N) is 1. The third-order valence-corrected chi connectivity index (χ3v) is 3.90. The minimum Gasteiger partial charge on any atom is -0.333 e. The van der Waals surface area contributed by atoms with Gasteiger partial charge in [0.15, 0.2) is 0 Å². The van der Waals surface area contributed by atoms with Crippen LogP contribution in [0.25, 0.3) is 0 Å². The van der Waals surface area contributed by atoms with Crippen molar-refractivity contribution in [1.29, 1.82) is 0 Å². The first-order valence-corrected chi connectivity index (χ1v) is 7.36. The topological polar surface area (TPSA) is 62.2 Å². The maximum absolute atomic E-state index is 11.9. The molecule has 0 aliphatic rings. The van der Waals surface area contributed by atoms with Crippen molar-refractivity contribution < 1.29 is 9.46 Å². The van der Waals surface area contributed by atoms with Gasteiger partial charge < -0.3 is 4.89 Å². The van der Waals surface area contributed by atoms with Crippen molar-refractivity contribution in [3.8, 4) is 0 Å². The van der Waals surface area contributed by atoms with Gasteiger partial charge in [0.25, 0.3) is 7.52 Å². The van der Waals surface area contributed by atoms with Gasteiger partial charge in [-0.25, -0.2) is 5.09 Å². The van der Waals surface area contributed by atoms with Gasteiger partial charge in [0.05, 0.1) is 6.16 Å². The zero-order valence-electron chi connectivity index (χ0n) is 9.76. The summed E-state index contributed by atoms with van der Waals surface area (Å²) in [7, 11) is -3.29. The molecule has 1 aromatic rings. The Morgan fingerprint density at radius 2 is 2.38 bits per heavy atom. The van der Waals surface area contributed by atoms with Crippen LogP contribution in [0.3, 0.4) is 0 Å². The van der Waals surface area contributed by atoms with Crippen LogP contribution in [0.2, 0.25) is 0 Å². The van der Waals surface area contributed by atoms with Gasteiger partial charge in [-0.3, -0.25) is 9.55 Å². The average Bonchev–Trinajstić information content (AvgIpc) is 2.17. The fraction of sp³-hybridized carbons (Fsp3) is 0.545. The second-order valence-corrected chi connectivity index (χ2v) is 6.02. The minimum absolute atomic E-state index is 0.0671. The second-order valence-electron chi connectivity index (χ2n) is 4.04. The molecule has 0 radical (unpaired) electrons. The summed E-state index contributed by atoms with van der Waals surface area (Å²) in [6.07, 6.45) is 5.31. The lowest BCUT2D eigenvalue weighted by molar-refractivity contribution is 0.444. The molecule has 0 aliphatic heterocycles. The minimum atomic E-state index is -3.29. The predicted octanol–water partition coefficient (Wildman–Crippen LogP) is 2.55. The molecule has 2 atom stereocenters. The Balaban J connectivity index is 2.55. The number of hydrogen-bond acceptors (Lipinski definition) is 2. The van der Waals surface area contributed by atoms with Gasteiger partial charge in [0, 0.05) is 18.4 Å². The maximum atomic E-state index is 11.9. The Labute approximate surface area is 96.6 Å². The van der Waals surface area contributed by atoms with Crippen LogP contribution in [-0.4, -0.2) is 15.9 Å². The van der Waals surface area contributed by atoms with Crippen LogP contribution in [0, 0.1) is 0 Å². The van der Waals surface area contributed by atoms with Crippen LogP contribution in [0.1, 0.15) is 32.3 Å². The van der Waals surface area contributed by atoms with E-state index in [9.17, 15) is 9.46 Å². The molecule has 0 aliphatic carbocycles. The molecule has 0 bridgehead atoms. The van der Waals surface area contributed by atoms with E-state index >= 15 is 0 Å². The summed E-state index contributed by atoms with van der Waals surface area (Å²) in [5.74, 6) is 0. The van der Waals surface area contributed by atoms with Gasteiger partial charge in [-0.15, -0.1) is 0 Å². The highest BCUT2D eigenvalue weighted by atomic mass is 31.2. The summed E-state index contributed by atoms with van der Waals surface area (Å²) >= 11 is 0. The van der Waals surface area contributed by atoms with Crippen molar-refractivity contribution in [2.24, 2.45) is 0 Å². The molecule has 90 valence electrons. The maximum Gasteiger partial charge on any atom is 0.271 e. The number of hydrogen-bond donors (Lipinski definition) is 2. The van der Waals surface area contributed by atoms with Crippen molar-refractivity contribution in [3.05, 3.63) is 30.1 Å². The average molecular weight is 242 g/mol. The van der Waals surface area contributed by atoms with E-state index in [1.165, 1.54) is 0 Å². The third kappa shape index (κ3) is 4.88. The molecule has 5 heteroatoms. The summed E-state index contributed by atoms with van der Waals surface area (Å²) in [5, 5.41) is 2.79. The molecule has 0 amide bonds. The Kier molecular flexibility index (Phi) is 5.13. The molecule has 0 saturated heterocycles. The lowest BCUT2D eigenvalue weighted by Gasteiger charge is -2.18. The first kappa shape index (κ1) is 13.4. The molecule has 0 saturated carbocycles. The summed E-state index contributed by atoms with van der Waals surface area (Å²) < 4.78 is 11.9. The zero-order chi connectivity index (χ0) is 12.0. The number of rotatable bonds is 6. The van der Waals surface area contributed by atoms with E-state index in [1.54, 1.807) is 18.5 Å². The standard InChI is InChI=1S/C11H19N2O2P/c1-3-5-10(2)13-16(14,15)9-11-6-4-7-12-8-11/h4,6-8,10H,3,5,9H2,1-2H3,(H2,13,14,15). The van der Waals surface area contributed by atoms with E-state index in [4.69, 9.17) is 0 Å². The molecule has 16 heavy (non-hydrogen) atoms. The van der Waals surface area contributed by atoms with E-state index in [0.29, 0.717) is 0 Å². The third-order valence-electron chi connectivity index (χ3n) is 2.26. The van der Waals surface area contributed by atoms with Crippen molar-refractivity contribution >= 4 is 7.52 Å². The van der Waals surface area contributed by atoms with E-state index in [1.807, 2.05) is 13.0 Å². The normalized spacial score (nSPS) is 16.7. The van der Waals surface area contributed by atoms with Gasteiger partial charge in [-0.2, -0.15) is 0 Å². The molecule has 2 unspecified atom stereocenters. The number of aromatic nitrogens is 1. The van der Waals surface area contributed by atoms with Gasteiger partial charge in [0.2, 0.25) is 0 Å². The number of nitrogens with one attached hydrogen (secondary N) is 1. The fourth-order valence-electron chi connectivity index (χ4n) is 1.63. The molecular weight excluding hydrogens is 223 g/mol. The quantitative estimate of drug-likeness (QED) is 0.752. The lowest BCUT2D eigenvalue weighted by Crippen LogP contribution is -2.23. The molecule has 2 N–H and O–H groups in total. The summed E-state index contributed by atoms with van der Waals surface area (Å²) in [4.78, 5) is 13.7. The van der Waals surface area contributed by atoms with Crippen LogP contribution in [-0.2, 0) is 10.7 Å². The first-order chi connectivity index (χ1) is 7.53. The predicted molar refractivity (Wildman–Crippen MR) is 65.3 cm³/mol. The molecule has 4 nitrogen and oxygen atoms in total. The van der Waals surface area contributed by atoms with E-state index in [2.05, 4.69) is 17.0 Å². The van der Waals surface area contributed by atoms with E-state index in [-0.39, 0.29) is 12.2 Å². The molecule has 0 spiro atoms. The molecule has 1 rings (SSSR count). The Morgan fingerprint density at radius 3 is 2.94 bits per heavy atom. The highest BCUT2D eigenvalue weighted by Gasteiger charge is 2.20. The summed E-state index contributed by atoms with van der Waals surface area (Å²) in [6.45, 7) is 3.98. The van der Waals surface area contributed by atoms with Crippen molar-refractivity contribution in [3.63, 3.8) is 0 Å². The van der Waals surface area contributed by atoms with Crippen LogP contribution >= 0.6 is 7.52 Å². The number of pyridine rings is 1. The van der Waals surface area contributed by atoms with Gasteiger partial charge in [0.1, 0.15) is 0 Å². The van der Waals surface area contributed by atoms with Crippen molar-refractivity contribution in [2.45, 2.75) is 38.9 Å². The van der Waals surface area contributed by atoms with Crippen LogP contribution in [0.15, 0.2) is 24.5 Å². The molecular formula is C11H19N2O2P. The van der Waals surface area contributed by atoms with Crippen molar-refractivity contribution in [2.75, 3.05) is 0 Å². The molecule has 0 aromatic carbocycles. The first-order valence-electron chi connectivity index (χ1n) is 5.52. The Morgan fingerprint density at radius 1 is 1.62 bits per heavy atom. The summed E-state index contributed by atoms with van der Waals surface area (Å²) in [5.41, 5.74) is 0.782. The Bertz CT molecular complexity index is 356. The smallest absolute Gasteiger partial charge is 0.271 e. The monoisotopic (exact) mass is 242 g/mol. The van der Waals surface area contributed by atoms with Gasteiger partial charge in [-0.1, -0.05) is 19.4 Å². The fourth-order valence-corrected chi connectivity index (χ4v) is 3.22. The molecule has 1 heterocycles. The SMILES string of the molecule is CCCC(C)NP(=O)(O)Cc1cccnc1. The molecule has 1 aromatic heterocycles. The van der Waals surface area contributed by atoms with E-state index < -0.39 is 7.52 Å².